The van der Waals surface area contributed by atoms with Crippen LogP contribution in [0.2, 0.25) is 0 Å². The summed E-state index contributed by atoms with van der Waals surface area (Å²) in [6.07, 6.45) is 4.71. The third-order valence-corrected chi connectivity index (χ3v) is 2.21. The Morgan fingerprint density at radius 3 is 2.82 bits per heavy atom. The topological polar surface area (TPSA) is 66.0 Å². The molecule has 0 bridgehead atoms. The number of rotatable bonds is 2. The Hall–Kier alpha value is -1.32. The molecule has 4 heteroatoms. The average molecular weight is 152 g/mol. The molecule has 0 aliphatic heterocycles. The summed E-state index contributed by atoms with van der Waals surface area (Å²) in [6.45, 7) is 0. The van der Waals surface area contributed by atoms with Gasteiger partial charge in [0.1, 0.15) is 0 Å². The number of aliphatic carboxylic acids is 1. The number of hydrogen-bond donors (Lipinski definition) is 2. The van der Waals surface area contributed by atoms with Crippen molar-refractivity contribution in [2.45, 2.75) is 18.3 Å². The molecule has 1 aromatic heterocycles. The van der Waals surface area contributed by atoms with Crippen molar-refractivity contribution in [3.63, 3.8) is 0 Å². The van der Waals surface area contributed by atoms with Gasteiger partial charge in [-0.2, -0.15) is 5.10 Å². The first-order valence-electron chi connectivity index (χ1n) is 3.48. The molecule has 1 saturated carbocycles. The average Bonchev–Trinajstić information content (AvgIpc) is 2.61. The van der Waals surface area contributed by atoms with Crippen LogP contribution in [-0.2, 0) is 10.2 Å². The van der Waals surface area contributed by atoms with Gasteiger partial charge >= 0.3 is 5.97 Å². The summed E-state index contributed by atoms with van der Waals surface area (Å²) in [6, 6.07) is 0. The molecule has 11 heavy (non-hydrogen) atoms. The Balaban J connectivity index is 2.36. The van der Waals surface area contributed by atoms with Crippen molar-refractivity contribution in [3.8, 4) is 0 Å². The van der Waals surface area contributed by atoms with Crippen molar-refractivity contribution in [1.29, 1.82) is 0 Å². The summed E-state index contributed by atoms with van der Waals surface area (Å²) >= 11 is 0. The molecule has 4 nitrogen and oxygen atoms in total. The van der Waals surface area contributed by atoms with E-state index in [9.17, 15) is 4.79 Å². The van der Waals surface area contributed by atoms with Crippen molar-refractivity contribution in [2.24, 2.45) is 0 Å². The highest BCUT2D eigenvalue weighted by atomic mass is 16.4. The Labute approximate surface area is 63.2 Å². The van der Waals surface area contributed by atoms with Crippen LogP contribution in [0.4, 0.5) is 0 Å². The molecule has 0 atom stereocenters. The van der Waals surface area contributed by atoms with Gasteiger partial charge in [-0.15, -0.1) is 0 Å². The second-order valence-electron chi connectivity index (χ2n) is 2.87. The predicted molar refractivity (Wildman–Crippen MR) is 37.1 cm³/mol. The van der Waals surface area contributed by atoms with E-state index >= 15 is 0 Å². The fourth-order valence-corrected chi connectivity index (χ4v) is 1.26. The minimum Gasteiger partial charge on any atom is -0.481 e. The largest absolute Gasteiger partial charge is 0.481 e. The van der Waals surface area contributed by atoms with Crippen molar-refractivity contribution >= 4 is 5.97 Å². The minimum absolute atomic E-state index is 0.604. The highest BCUT2D eigenvalue weighted by Crippen LogP contribution is 2.47. The second kappa shape index (κ2) is 1.84. The third kappa shape index (κ3) is 0.753. The molecule has 2 N–H and O–H groups in total. The van der Waals surface area contributed by atoms with Gasteiger partial charge < -0.3 is 5.11 Å². The number of carbonyl (C=O) groups is 1. The maximum absolute atomic E-state index is 10.7. The number of carboxylic acid groups (broad SMARTS) is 1. The second-order valence-corrected chi connectivity index (χ2v) is 2.87. The molecule has 1 fully saturated rings. The summed E-state index contributed by atoms with van der Waals surface area (Å²) in [5.41, 5.74) is 0.192. The van der Waals surface area contributed by atoms with E-state index < -0.39 is 11.4 Å². The van der Waals surface area contributed by atoms with Crippen LogP contribution in [0.15, 0.2) is 12.4 Å². The van der Waals surface area contributed by atoms with Gasteiger partial charge in [-0.3, -0.25) is 9.89 Å². The normalized spacial score (nSPS) is 19.6. The van der Waals surface area contributed by atoms with Crippen molar-refractivity contribution in [2.75, 3.05) is 0 Å². The molecule has 2 rings (SSSR count). The van der Waals surface area contributed by atoms with Crippen LogP contribution >= 0.6 is 0 Å². The summed E-state index contributed by atoms with van der Waals surface area (Å²) in [7, 11) is 0. The summed E-state index contributed by atoms with van der Waals surface area (Å²) in [5.74, 6) is -0.737. The number of carboxylic acids is 1. The molecule has 0 saturated heterocycles. The summed E-state index contributed by atoms with van der Waals surface area (Å²) in [5, 5.41) is 15.2. The highest BCUT2D eigenvalue weighted by molar-refractivity contribution is 5.84. The summed E-state index contributed by atoms with van der Waals surface area (Å²) < 4.78 is 0. The van der Waals surface area contributed by atoms with E-state index in [0.29, 0.717) is 0 Å². The zero-order chi connectivity index (χ0) is 7.90. The molecule has 1 heterocycles. The summed E-state index contributed by atoms with van der Waals surface area (Å²) in [4.78, 5) is 10.7. The SMILES string of the molecule is O=C(O)C1(c2cn[nH]c2)CC1. The zero-order valence-corrected chi connectivity index (χ0v) is 5.87. The number of nitrogens with one attached hydrogen (secondary N) is 1. The Kier molecular flexibility index (Phi) is 1.07. The van der Waals surface area contributed by atoms with Gasteiger partial charge in [0.15, 0.2) is 0 Å². The van der Waals surface area contributed by atoms with Crippen LogP contribution in [0.25, 0.3) is 0 Å². The lowest BCUT2D eigenvalue weighted by Gasteiger charge is -2.03. The third-order valence-electron chi connectivity index (χ3n) is 2.21. The van der Waals surface area contributed by atoms with Gasteiger partial charge in [-0.1, -0.05) is 0 Å². The van der Waals surface area contributed by atoms with E-state index in [2.05, 4.69) is 10.2 Å². The number of aromatic amines is 1. The molecule has 1 aromatic rings. The monoisotopic (exact) mass is 152 g/mol. The molecule has 58 valence electrons. The Morgan fingerprint density at radius 1 is 1.73 bits per heavy atom. The molecule has 0 unspecified atom stereocenters. The van der Waals surface area contributed by atoms with Crippen LogP contribution in [0, 0.1) is 0 Å². The molecule has 1 aliphatic rings. The van der Waals surface area contributed by atoms with Gasteiger partial charge in [0, 0.05) is 11.8 Å². The fraction of sp³-hybridized carbons (Fsp3) is 0.429. The number of hydrogen-bond acceptors (Lipinski definition) is 2. The standard InChI is InChI=1S/C7H8N2O2/c10-6(11)7(1-2-7)5-3-8-9-4-5/h3-4H,1-2H2,(H,8,9)(H,10,11). The lowest BCUT2D eigenvalue weighted by Crippen LogP contribution is -2.18. The molecule has 0 spiro atoms. The zero-order valence-electron chi connectivity index (χ0n) is 5.87. The highest BCUT2D eigenvalue weighted by Gasteiger charge is 2.52. The van der Waals surface area contributed by atoms with Crippen LogP contribution < -0.4 is 0 Å². The fourth-order valence-electron chi connectivity index (χ4n) is 1.26. The van der Waals surface area contributed by atoms with Crippen LogP contribution in [-0.4, -0.2) is 21.3 Å². The number of aromatic nitrogens is 2. The molecule has 0 radical (unpaired) electrons. The Bertz CT molecular complexity index is 275. The first-order valence-corrected chi connectivity index (χ1v) is 3.48. The van der Waals surface area contributed by atoms with E-state index in [1.807, 2.05) is 0 Å². The Morgan fingerprint density at radius 2 is 2.45 bits per heavy atom. The lowest BCUT2D eigenvalue weighted by molar-refractivity contribution is -0.140. The van der Waals surface area contributed by atoms with Gasteiger partial charge in [-0.05, 0) is 12.8 Å². The lowest BCUT2D eigenvalue weighted by atomic mass is 10.0. The molecule has 0 aromatic carbocycles. The smallest absolute Gasteiger partial charge is 0.314 e. The van der Waals surface area contributed by atoms with Crippen LogP contribution in [0.1, 0.15) is 18.4 Å². The van der Waals surface area contributed by atoms with Crippen molar-refractivity contribution < 1.29 is 9.90 Å². The van der Waals surface area contributed by atoms with Gasteiger partial charge in [0.25, 0.3) is 0 Å². The quantitative estimate of drug-likeness (QED) is 0.649. The first kappa shape index (κ1) is 6.39. The van der Waals surface area contributed by atoms with E-state index in [4.69, 9.17) is 5.11 Å². The van der Waals surface area contributed by atoms with Crippen LogP contribution in [0.5, 0.6) is 0 Å². The van der Waals surface area contributed by atoms with Gasteiger partial charge in [0.05, 0.1) is 11.6 Å². The maximum atomic E-state index is 10.7. The van der Waals surface area contributed by atoms with E-state index in [-0.39, 0.29) is 0 Å². The number of nitrogens with zero attached hydrogens (tertiary/aromatic N) is 1. The van der Waals surface area contributed by atoms with E-state index in [1.165, 1.54) is 0 Å². The molecular weight excluding hydrogens is 144 g/mol. The molecule has 1 aliphatic carbocycles. The van der Waals surface area contributed by atoms with Crippen LogP contribution in [0.3, 0.4) is 0 Å². The van der Waals surface area contributed by atoms with Gasteiger partial charge in [0.2, 0.25) is 0 Å². The maximum Gasteiger partial charge on any atom is 0.314 e. The minimum atomic E-state index is -0.737. The van der Waals surface area contributed by atoms with Crippen molar-refractivity contribution in [3.05, 3.63) is 18.0 Å². The van der Waals surface area contributed by atoms with E-state index in [0.717, 1.165) is 18.4 Å². The molecule has 0 amide bonds. The van der Waals surface area contributed by atoms with Crippen molar-refractivity contribution in [1.82, 2.24) is 10.2 Å². The first-order chi connectivity index (χ1) is 5.26. The molecular formula is C7H8N2O2. The number of H-pyrrole nitrogens is 1. The van der Waals surface area contributed by atoms with Gasteiger partial charge in [-0.25, -0.2) is 0 Å². The van der Waals surface area contributed by atoms with E-state index in [1.54, 1.807) is 12.4 Å². The predicted octanol–water partition coefficient (Wildman–Crippen LogP) is 0.526.